The fourth-order valence-corrected chi connectivity index (χ4v) is 4.11. The number of nitrogens with zero attached hydrogens (tertiary/aromatic N) is 1. The lowest BCUT2D eigenvalue weighted by molar-refractivity contribution is 0.0847. The highest BCUT2D eigenvalue weighted by Crippen LogP contribution is 2.42. The second-order valence-electron chi connectivity index (χ2n) is 7.12. The maximum absolute atomic E-state index is 3.86. The molecule has 0 aromatic rings. The minimum Gasteiger partial charge on any atom is -0.302 e. The van der Waals surface area contributed by atoms with Gasteiger partial charge in [0.05, 0.1) is 6.17 Å². The smallest absolute Gasteiger partial charge is 0.0597 e. The van der Waals surface area contributed by atoms with Crippen LogP contribution < -0.4 is 5.32 Å². The highest BCUT2D eigenvalue weighted by atomic mass is 15.3. The molecule has 0 saturated carbocycles. The Kier molecular flexibility index (Phi) is 5.70. The minimum atomic E-state index is 0.603. The highest BCUT2D eigenvalue weighted by molar-refractivity contribution is 4.86. The minimum absolute atomic E-state index is 0.603. The summed E-state index contributed by atoms with van der Waals surface area (Å²) in [6.07, 6.45) is 11.9. The largest absolute Gasteiger partial charge is 0.302 e. The van der Waals surface area contributed by atoms with Crippen LogP contribution in [0.5, 0.6) is 0 Å². The molecule has 1 N–H and O–H groups in total. The molecule has 2 fully saturated rings. The van der Waals surface area contributed by atoms with E-state index in [4.69, 9.17) is 0 Å². The summed E-state index contributed by atoms with van der Waals surface area (Å²) >= 11 is 0. The third kappa shape index (κ3) is 3.72. The first-order valence-electron chi connectivity index (χ1n) is 8.65. The molecule has 112 valence electrons. The molecule has 2 rings (SSSR count). The lowest BCUT2D eigenvalue weighted by Gasteiger charge is -2.40. The van der Waals surface area contributed by atoms with Crippen molar-refractivity contribution < 1.29 is 0 Å². The first-order chi connectivity index (χ1) is 9.18. The maximum Gasteiger partial charge on any atom is 0.0597 e. The molecule has 0 spiro atoms. The van der Waals surface area contributed by atoms with Gasteiger partial charge < -0.3 is 5.32 Å². The molecule has 0 radical (unpaired) electrons. The lowest BCUT2D eigenvalue weighted by atomic mass is 9.68. The molecule has 2 saturated heterocycles. The van der Waals surface area contributed by atoms with Crippen molar-refractivity contribution in [2.24, 2.45) is 11.3 Å². The first kappa shape index (κ1) is 15.3. The van der Waals surface area contributed by atoms with E-state index in [0.29, 0.717) is 11.6 Å². The Labute approximate surface area is 120 Å². The van der Waals surface area contributed by atoms with Crippen molar-refractivity contribution in [3.05, 3.63) is 0 Å². The van der Waals surface area contributed by atoms with Gasteiger partial charge in [-0.3, -0.25) is 4.90 Å². The number of rotatable bonds is 4. The van der Waals surface area contributed by atoms with Crippen molar-refractivity contribution in [3.63, 3.8) is 0 Å². The van der Waals surface area contributed by atoms with Crippen LogP contribution in [0.1, 0.15) is 72.1 Å². The molecule has 2 atom stereocenters. The van der Waals surface area contributed by atoms with E-state index in [1.165, 1.54) is 71.0 Å². The molecule has 2 heteroatoms. The van der Waals surface area contributed by atoms with Crippen molar-refractivity contribution >= 4 is 0 Å². The third-order valence-corrected chi connectivity index (χ3v) is 5.71. The van der Waals surface area contributed by atoms with E-state index in [9.17, 15) is 0 Å². The monoisotopic (exact) mass is 266 g/mol. The average molecular weight is 266 g/mol. The SMILES string of the molecule is CCCC1(C(C)C)CCCCC(N2CCC2)NCC1. The van der Waals surface area contributed by atoms with Crippen molar-refractivity contribution in [1.82, 2.24) is 10.2 Å². The predicted molar refractivity (Wildman–Crippen MR) is 83.2 cm³/mol. The van der Waals surface area contributed by atoms with Crippen LogP contribution in [0.3, 0.4) is 0 Å². The van der Waals surface area contributed by atoms with Crippen LogP contribution in [0.2, 0.25) is 0 Å². The summed E-state index contributed by atoms with van der Waals surface area (Å²) in [4.78, 5) is 2.64. The van der Waals surface area contributed by atoms with Gasteiger partial charge in [0.25, 0.3) is 0 Å². The van der Waals surface area contributed by atoms with E-state index in [-0.39, 0.29) is 0 Å². The second-order valence-corrected chi connectivity index (χ2v) is 7.12. The molecule has 2 nitrogen and oxygen atoms in total. The Hall–Kier alpha value is -0.0800. The molecular formula is C17H34N2. The summed E-state index contributed by atoms with van der Waals surface area (Å²) in [5.74, 6) is 0.829. The summed E-state index contributed by atoms with van der Waals surface area (Å²) in [6, 6.07) is 0. The van der Waals surface area contributed by atoms with E-state index in [0.717, 1.165) is 5.92 Å². The van der Waals surface area contributed by atoms with Gasteiger partial charge in [-0.05, 0) is 50.0 Å². The molecular weight excluding hydrogens is 232 g/mol. The van der Waals surface area contributed by atoms with Crippen LogP contribution in [0.15, 0.2) is 0 Å². The Balaban J connectivity index is 1.94. The van der Waals surface area contributed by atoms with Gasteiger partial charge in [0.15, 0.2) is 0 Å². The maximum atomic E-state index is 3.86. The van der Waals surface area contributed by atoms with Gasteiger partial charge in [-0.2, -0.15) is 0 Å². The second kappa shape index (κ2) is 7.08. The molecule has 0 aromatic carbocycles. The summed E-state index contributed by atoms with van der Waals surface area (Å²) < 4.78 is 0. The molecule has 0 aromatic heterocycles. The Morgan fingerprint density at radius 2 is 1.95 bits per heavy atom. The zero-order valence-corrected chi connectivity index (χ0v) is 13.4. The van der Waals surface area contributed by atoms with Crippen LogP contribution in [0, 0.1) is 11.3 Å². The topological polar surface area (TPSA) is 15.3 Å². The number of hydrogen-bond acceptors (Lipinski definition) is 2. The predicted octanol–water partition coefficient (Wildman–Crippen LogP) is 4.01. The lowest BCUT2D eigenvalue weighted by Crippen LogP contribution is -2.52. The van der Waals surface area contributed by atoms with E-state index in [1.807, 2.05) is 0 Å². The Morgan fingerprint density at radius 3 is 2.53 bits per heavy atom. The zero-order valence-electron chi connectivity index (χ0n) is 13.4. The molecule has 0 amide bonds. The molecule has 2 aliphatic rings. The normalized spacial score (nSPS) is 34.4. The molecule has 19 heavy (non-hydrogen) atoms. The molecule has 0 aliphatic carbocycles. The molecule has 2 heterocycles. The van der Waals surface area contributed by atoms with Crippen LogP contribution in [0.4, 0.5) is 0 Å². The standard InChI is InChI=1S/C17H34N2/c1-4-9-17(15(2)3)10-6-5-8-16(18-12-11-17)19-13-7-14-19/h15-16,18H,4-14H2,1-3H3. The summed E-state index contributed by atoms with van der Waals surface area (Å²) in [7, 11) is 0. The average Bonchev–Trinajstić information content (AvgIpc) is 2.40. The molecule has 2 aliphatic heterocycles. The van der Waals surface area contributed by atoms with Gasteiger partial charge in [-0.15, -0.1) is 0 Å². The van der Waals surface area contributed by atoms with Crippen LogP contribution in [0.25, 0.3) is 0 Å². The zero-order chi connectivity index (χ0) is 13.7. The Bertz CT molecular complexity index is 260. The Morgan fingerprint density at radius 1 is 1.16 bits per heavy atom. The quantitative estimate of drug-likeness (QED) is 0.827. The van der Waals surface area contributed by atoms with Gasteiger partial charge in [0.2, 0.25) is 0 Å². The summed E-state index contributed by atoms with van der Waals surface area (Å²) in [5, 5.41) is 3.86. The van der Waals surface area contributed by atoms with Crippen LogP contribution >= 0.6 is 0 Å². The number of hydrogen-bond donors (Lipinski definition) is 1. The molecule has 2 unspecified atom stereocenters. The van der Waals surface area contributed by atoms with Crippen LogP contribution in [-0.4, -0.2) is 30.7 Å². The van der Waals surface area contributed by atoms with Gasteiger partial charge in [0.1, 0.15) is 0 Å². The number of likely N-dealkylation sites (tertiary alicyclic amines) is 1. The van der Waals surface area contributed by atoms with Gasteiger partial charge in [0, 0.05) is 13.1 Å². The van der Waals surface area contributed by atoms with Crippen molar-refractivity contribution in [3.8, 4) is 0 Å². The first-order valence-corrected chi connectivity index (χ1v) is 8.65. The summed E-state index contributed by atoms with van der Waals surface area (Å²) in [6.45, 7) is 11.1. The summed E-state index contributed by atoms with van der Waals surface area (Å²) in [5.41, 5.74) is 0.603. The van der Waals surface area contributed by atoms with E-state index < -0.39 is 0 Å². The van der Waals surface area contributed by atoms with Gasteiger partial charge in [-0.25, -0.2) is 0 Å². The van der Waals surface area contributed by atoms with E-state index >= 15 is 0 Å². The third-order valence-electron chi connectivity index (χ3n) is 5.71. The van der Waals surface area contributed by atoms with Gasteiger partial charge in [-0.1, -0.05) is 40.0 Å². The van der Waals surface area contributed by atoms with Crippen molar-refractivity contribution in [1.29, 1.82) is 0 Å². The van der Waals surface area contributed by atoms with Crippen molar-refractivity contribution in [2.45, 2.75) is 78.3 Å². The van der Waals surface area contributed by atoms with Crippen molar-refractivity contribution in [2.75, 3.05) is 19.6 Å². The number of nitrogens with one attached hydrogen (secondary N) is 1. The fraction of sp³-hybridized carbons (Fsp3) is 1.00. The fourth-order valence-electron chi connectivity index (χ4n) is 4.11. The van der Waals surface area contributed by atoms with Crippen LogP contribution in [-0.2, 0) is 0 Å². The van der Waals surface area contributed by atoms with Gasteiger partial charge >= 0.3 is 0 Å². The highest BCUT2D eigenvalue weighted by Gasteiger charge is 2.33. The van der Waals surface area contributed by atoms with E-state index in [2.05, 4.69) is 31.0 Å². The molecule has 0 bridgehead atoms. The van der Waals surface area contributed by atoms with E-state index in [1.54, 1.807) is 0 Å².